The van der Waals surface area contributed by atoms with E-state index in [-0.39, 0.29) is 5.78 Å². The molecule has 122 valence electrons. The molecule has 0 bridgehead atoms. The number of carbonyl (C=O) groups is 2. The van der Waals surface area contributed by atoms with E-state index >= 15 is 0 Å². The zero-order valence-electron chi connectivity index (χ0n) is 13.5. The summed E-state index contributed by atoms with van der Waals surface area (Å²) >= 11 is 0. The van der Waals surface area contributed by atoms with Gasteiger partial charge >= 0.3 is 5.97 Å². The van der Waals surface area contributed by atoms with Gasteiger partial charge in [-0.1, -0.05) is 61.7 Å². The lowest BCUT2D eigenvalue weighted by Gasteiger charge is -2.29. The van der Waals surface area contributed by atoms with Crippen molar-refractivity contribution in [1.82, 2.24) is 0 Å². The molecule has 4 rings (SSSR count). The molecule has 0 spiro atoms. The van der Waals surface area contributed by atoms with Crippen LogP contribution in [-0.4, -0.2) is 11.8 Å². The Morgan fingerprint density at radius 2 is 1.58 bits per heavy atom. The second-order valence-corrected chi connectivity index (χ2v) is 6.68. The first-order chi connectivity index (χ1) is 11.8. The minimum atomic E-state index is -0.844. The Morgan fingerprint density at radius 3 is 2.33 bits per heavy atom. The minimum absolute atomic E-state index is 0.117. The number of benzene rings is 2. The van der Waals surface area contributed by atoms with E-state index in [1.807, 2.05) is 42.5 Å². The fraction of sp³-hybridized carbons (Fsp3) is 0.333. The molecule has 2 aliphatic rings. The van der Waals surface area contributed by atoms with Gasteiger partial charge in [-0.3, -0.25) is 9.59 Å². The predicted octanol–water partition coefficient (Wildman–Crippen LogP) is 4.62. The van der Waals surface area contributed by atoms with Gasteiger partial charge in [-0.25, -0.2) is 0 Å². The second kappa shape index (κ2) is 6.23. The maximum atomic E-state index is 13.2. The molecule has 1 aliphatic carbocycles. The average molecular weight is 320 g/mol. The highest BCUT2D eigenvalue weighted by atomic mass is 16.5. The van der Waals surface area contributed by atoms with Gasteiger partial charge in [0.05, 0.1) is 5.56 Å². The number of esters is 1. The van der Waals surface area contributed by atoms with Gasteiger partial charge in [0, 0.05) is 0 Å². The van der Waals surface area contributed by atoms with Gasteiger partial charge in [0.1, 0.15) is 11.7 Å². The molecule has 3 nitrogen and oxygen atoms in total. The number of hydrogen-bond acceptors (Lipinski definition) is 3. The minimum Gasteiger partial charge on any atom is -0.425 e. The molecule has 0 amide bonds. The highest BCUT2D eigenvalue weighted by Gasteiger charge is 2.39. The molecule has 1 atom stereocenters. The van der Waals surface area contributed by atoms with Crippen LogP contribution in [0.2, 0.25) is 0 Å². The first-order valence-electron chi connectivity index (χ1n) is 8.69. The first-order valence-corrected chi connectivity index (χ1v) is 8.69. The van der Waals surface area contributed by atoms with Gasteiger partial charge in [0.2, 0.25) is 0 Å². The van der Waals surface area contributed by atoms with Crippen LogP contribution in [0.3, 0.4) is 0 Å². The maximum Gasteiger partial charge on any atom is 0.326 e. The number of hydrogen-bond donors (Lipinski definition) is 0. The average Bonchev–Trinajstić information content (AvgIpc) is 2.63. The molecule has 1 aliphatic heterocycles. The first kappa shape index (κ1) is 15.1. The summed E-state index contributed by atoms with van der Waals surface area (Å²) in [5.74, 6) is -0.609. The third-order valence-electron chi connectivity index (χ3n) is 5.19. The van der Waals surface area contributed by atoms with Crippen LogP contribution in [0.4, 0.5) is 0 Å². The van der Waals surface area contributed by atoms with E-state index in [4.69, 9.17) is 4.74 Å². The molecule has 1 heterocycles. The standard InChI is InChI=1S/C21H20O3/c22-20-18(15-10-5-2-6-11-15)21(23)24-17-13-7-12-16(19(17)20)14-8-3-1-4-9-14/h2,5-7,10-14,18H,1,3-4,8-9H2. The molecule has 0 radical (unpaired) electrons. The molecule has 1 saturated carbocycles. The Kier molecular flexibility index (Phi) is 3.93. The molecule has 0 N–H and O–H groups in total. The summed E-state index contributed by atoms with van der Waals surface area (Å²) in [6, 6.07) is 14.9. The quantitative estimate of drug-likeness (QED) is 0.461. The molecular weight excluding hydrogens is 300 g/mol. The largest absolute Gasteiger partial charge is 0.425 e. The van der Waals surface area contributed by atoms with Gasteiger partial charge in [-0.15, -0.1) is 0 Å². The summed E-state index contributed by atoms with van der Waals surface area (Å²) in [6.45, 7) is 0. The van der Waals surface area contributed by atoms with E-state index in [2.05, 4.69) is 0 Å². The van der Waals surface area contributed by atoms with E-state index in [9.17, 15) is 9.59 Å². The summed E-state index contributed by atoms with van der Waals surface area (Å²) in [5, 5.41) is 0. The highest BCUT2D eigenvalue weighted by Crippen LogP contribution is 2.41. The van der Waals surface area contributed by atoms with Gasteiger partial charge < -0.3 is 4.74 Å². The normalized spacial score (nSPS) is 21.2. The molecule has 1 unspecified atom stereocenters. The summed E-state index contributed by atoms with van der Waals surface area (Å²) < 4.78 is 5.54. The summed E-state index contributed by atoms with van der Waals surface area (Å²) in [4.78, 5) is 25.6. The number of fused-ring (bicyclic) bond motifs is 1. The molecule has 24 heavy (non-hydrogen) atoms. The Labute approximate surface area is 141 Å². The zero-order chi connectivity index (χ0) is 16.5. The van der Waals surface area contributed by atoms with E-state index in [0.717, 1.165) is 18.4 Å². The Morgan fingerprint density at radius 1 is 0.833 bits per heavy atom. The number of Topliss-reactive ketones (excluding diaryl/α,β-unsaturated/α-hetero) is 1. The monoisotopic (exact) mass is 320 g/mol. The Bertz CT molecular complexity index is 773. The Hall–Kier alpha value is -2.42. The maximum absolute atomic E-state index is 13.2. The summed E-state index contributed by atoms with van der Waals surface area (Å²) in [6.07, 6.45) is 5.87. The van der Waals surface area contributed by atoms with Crippen LogP contribution < -0.4 is 4.74 Å². The van der Waals surface area contributed by atoms with Crippen LogP contribution in [0.15, 0.2) is 48.5 Å². The molecule has 2 aromatic rings. The molecule has 2 aromatic carbocycles. The van der Waals surface area contributed by atoms with Gasteiger partial charge in [0.25, 0.3) is 0 Å². The molecule has 0 aromatic heterocycles. The van der Waals surface area contributed by atoms with Gasteiger partial charge in [-0.2, -0.15) is 0 Å². The molecule has 0 saturated heterocycles. The second-order valence-electron chi connectivity index (χ2n) is 6.68. The van der Waals surface area contributed by atoms with Crippen LogP contribution in [-0.2, 0) is 4.79 Å². The van der Waals surface area contributed by atoms with Gasteiger partial charge in [0.15, 0.2) is 5.78 Å². The van der Waals surface area contributed by atoms with Crippen molar-refractivity contribution in [3.63, 3.8) is 0 Å². The smallest absolute Gasteiger partial charge is 0.326 e. The fourth-order valence-corrected chi connectivity index (χ4v) is 4.00. The summed E-state index contributed by atoms with van der Waals surface area (Å²) in [5.41, 5.74) is 2.39. The van der Waals surface area contributed by atoms with E-state index in [1.54, 1.807) is 6.07 Å². The van der Waals surface area contributed by atoms with E-state index in [0.29, 0.717) is 22.8 Å². The van der Waals surface area contributed by atoms with E-state index < -0.39 is 11.9 Å². The van der Waals surface area contributed by atoms with Crippen molar-refractivity contribution in [1.29, 1.82) is 0 Å². The van der Waals surface area contributed by atoms with Gasteiger partial charge in [-0.05, 0) is 36.0 Å². The van der Waals surface area contributed by atoms with Crippen LogP contribution in [0.5, 0.6) is 5.75 Å². The predicted molar refractivity (Wildman–Crippen MR) is 91.4 cm³/mol. The number of rotatable bonds is 2. The topological polar surface area (TPSA) is 43.4 Å². The lowest BCUT2D eigenvalue weighted by Crippen LogP contribution is -2.32. The van der Waals surface area contributed by atoms with Crippen molar-refractivity contribution in [2.45, 2.75) is 43.9 Å². The Balaban J connectivity index is 1.78. The van der Waals surface area contributed by atoms with Crippen molar-refractivity contribution in [2.75, 3.05) is 0 Å². The lowest BCUT2D eigenvalue weighted by molar-refractivity contribution is -0.135. The fourth-order valence-electron chi connectivity index (χ4n) is 4.00. The third kappa shape index (κ3) is 2.54. The number of carbonyl (C=O) groups excluding carboxylic acids is 2. The third-order valence-corrected chi connectivity index (χ3v) is 5.19. The van der Waals surface area contributed by atoms with E-state index in [1.165, 1.54) is 19.3 Å². The van der Waals surface area contributed by atoms with Crippen molar-refractivity contribution < 1.29 is 14.3 Å². The number of ketones is 1. The number of ether oxygens (including phenoxy) is 1. The van der Waals surface area contributed by atoms with Crippen LogP contribution >= 0.6 is 0 Å². The zero-order valence-corrected chi connectivity index (χ0v) is 13.5. The SMILES string of the molecule is O=C1Oc2cccc(C3CCCCC3)c2C(=O)C1c1ccccc1. The van der Waals surface area contributed by atoms with Crippen molar-refractivity contribution >= 4 is 11.8 Å². The molecule has 3 heteroatoms. The van der Waals surface area contributed by atoms with Crippen molar-refractivity contribution in [2.24, 2.45) is 0 Å². The highest BCUT2D eigenvalue weighted by molar-refractivity contribution is 6.18. The lowest BCUT2D eigenvalue weighted by atomic mass is 9.78. The van der Waals surface area contributed by atoms with Crippen LogP contribution in [0, 0.1) is 0 Å². The molecular formula is C21H20O3. The van der Waals surface area contributed by atoms with Crippen molar-refractivity contribution in [3.8, 4) is 5.75 Å². The van der Waals surface area contributed by atoms with Crippen LogP contribution in [0.1, 0.15) is 65.4 Å². The van der Waals surface area contributed by atoms with Crippen molar-refractivity contribution in [3.05, 3.63) is 65.2 Å². The molecule has 1 fully saturated rings. The summed E-state index contributed by atoms with van der Waals surface area (Å²) in [7, 11) is 0. The van der Waals surface area contributed by atoms with Crippen LogP contribution in [0.25, 0.3) is 0 Å².